The molecule has 0 bridgehead atoms. The fraction of sp³-hybridized carbons (Fsp3) is 0.455. The molecular formula is C11H17N7O. The van der Waals surface area contributed by atoms with Gasteiger partial charge in [0, 0.05) is 6.54 Å². The van der Waals surface area contributed by atoms with Gasteiger partial charge in [0.2, 0.25) is 11.9 Å². The quantitative estimate of drug-likeness (QED) is 0.690. The Morgan fingerprint density at radius 1 is 1.47 bits per heavy atom. The van der Waals surface area contributed by atoms with Crippen LogP contribution in [0, 0.1) is 5.92 Å². The van der Waals surface area contributed by atoms with Crippen molar-refractivity contribution in [1.82, 2.24) is 19.9 Å². The highest BCUT2D eigenvalue weighted by atomic mass is 16.1. The second-order valence-electron chi connectivity index (χ2n) is 4.75. The maximum Gasteiger partial charge on any atom is 0.237 e. The van der Waals surface area contributed by atoms with Crippen molar-refractivity contribution in [3.63, 3.8) is 0 Å². The molecule has 0 radical (unpaired) electrons. The van der Waals surface area contributed by atoms with E-state index in [0.717, 1.165) is 0 Å². The molecule has 2 aromatic heterocycles. The van der Waals surface area contributed by atoms with E-state index in [9.17, 15) is 4.79 Å². The number of hydrogen-bond acceptors (Lipinski definition) is 6. The van der Waals surface area contributed by atoms with Gasteiger partial charge in [-0.2, -0.15) is 9.97 Å². The van der Waals surface area contributed by atoms with Gasteiger partial charge in [0.1, 0.15) is 5.52 Å². The number of nitrogens with one attached hydrogen (secondary N) is 1. The molecule has 2 heterocycles. The summed E-state index contributed by atoms with van der Waals surface area (Å²) in [4.78, 5) is 28.2. The number of imidazole rings is 1. The summed E-state index contributed by atoms with van der Waals surface area (Å²) in [7, 11) is 0. The van der Waals surface area contributed by atoms with Crippen LogP contribution < -0.4 is 16.4 Å². The molecule has 2 aromatic rings. The number of nitrogens with zero attached hydrogens (tertiary/aromatic N) is 4. The Balaban J connectivity index is 2.47. The predicted molar refractivity (Wildman–Crippen MR) is 72.3 cm³/mol. The Bertz CT molecular complexity index is 592. The summed E-state index contributed by atoms with van der Waals surface area (Å²) in [6.07, 6.45) is 1.51. The molecule has 0 aliphatic carbocycles. The second-order valence-corrected chi connectivity index (χ2v) is 4.75. The van der Waals surface area contributed by atoms with Gasteiger partial charge >= 0.3 is 0 Å². The smallest absolute Gasteiger partial charge is 0.237 e. The van der Waals surface area contributed by atoms with E-state index in [2.05, 4.69) is 19.9 Å². The molecule has 1 amide bonds. The zero-order valence-electron chi connectivity index (χ0n) is 10.9. The van der Waals surface area contributed by atoms with Crippen LogP contribution in [0.2, 0.25) is 0 Å². The van der Waals surface area contributed by atoms with E-state index in [1.54, 1.807) is 4.90 Å². The van der Waals surface area contributed by atoms with Crippen molar-refractivity contribution in [3.05, 3.63) is 6.33 Å². The van der Waals surface area contributed by atoms with E-state index >= 15 is 0 Å². The number of carbonyl (C=O) groups excluding carboxylic acids is 1. The molecule has 5 N–H and O–H groups in total. The highest BCUT2D eigenvalue weighted by molar-refractivity contribution is 5.87. The Kier molecular flexibility index (Phi) is 3.50. The van der Waals surface area contributed by atoms with Gasteiger partial charge in [-0.05, 0) is 5.92 Å². The van der Waals surface area contributed by atoms with Crippen molar-refractivity contribution in [2.45, 2.75) is 13.8 Å². The number of hydrogen-bond donors (Lipinski definition) is 3. The first-order valence-electron chi connectivity index (χ1n) is 5.97. The maximum atomic E-state index is 11.2. The van der Waals surface area contributed by atoms with Crippen molar-refractivity contribution < 1.29 is 4.79 Å². The summed E-state index contributed by atoms with van der Waals surface area (Å²) in [6.45, 7) is 4.79. The monoisotopic (exact) mass is 263 g/mol. The number of anilines is 2. The van der Waals surface area contributed by atoms with Gasteiger partial charge in [-0.25, -0.2) is 4.98 Å². The Hall–Kier alpha value is -2.38. The number of nitrogen functional groups attached to an aromatic ring is 1. The van der Waals surface area contributed by atoms with Gasteiger partial charge in [-0.3, -0.25) is 4.79 Å². The van der Waals surface area contributed by atoms with E-state index in [0.29, 0.717) is 29.4 Å². The lowest BCUT2D eigenvalue weighted by molar-refractivity contribution is -0.116. The van der Waals surface area contributed by atoms with Gasteiger partial charge in [0.25, 0.3) is 0 Å². The third-order valence-electron chi connectivity index (χ3n) is 2.52. The van der Waals surface area contributed by atoms with Crippen LogP contribution >= 0.6 is 0 Å². The Labute approximate surface area is 110 Å². The molecule has 102 valence electrons. The van der Waals surface area contributed by atoms with Crippen molar-refractivity contribution in [2.24, 2.45) is 11.7 Å². The number of aromatic amines is 1. The average Bonchev–Trinajstić information content (AvgIpc) is 2.73. The highest BCUT2D eigenvalue weighted by Gasteiger charge is 2.18. The third kappa shape index (κ3) is 2.90. The Morgan fingerprint density at radius 3 is 2.84 bits per heavy atom. The molecule has 0 aliphatic rings. The molecule has 0 aliphatic heterocycles. The van der Waals surface area contributed by atoms with Crippen LogP contribution in [-0.4, -0.2) is 38.9 Å². The van der Waals surface area contributed by atoms with E-state index < -0.39 is 5.91 Å². The summed E-state index contributed by atoms with van der Waals surface area (Å²) >= 11 is 0. The lowest BCUT2D eigenvalue weighted by Crippen LogP contribution is -2.37. The van der Waals surface area contributed by atoms with Crippen LogP contribution in [0.4, 0.5) is 11.8 Å². The summed E-state index contributed by atoms with van der Waals surface area (Å²) in [6, 6.07) is 0. The number of amides is 1. The molecule has 0 aromatic carbocycles. The molecule has 0 fully saturated rings. The van der Waals surface area contributed by atoms with E-state index in [4.69, 9.17) is 11.5 Å². The molecule has 0 saturated heterocycles. The van der Waals surface area contributed by atoms with Gasteiger partial charge in [-0.1, -0.05) is 13.8 Å². The predicted octanol–water partition coefficient (Wildman–Crippen LogP) is -0.117. The lowest BCUT2D eigenvalue weighted by Gasteiger charge is -2.24. The standard InChI is InChI=1S/C11H17N7O/c1-6(2)3-18(4-7(12)19)10-8-9(15-5-14-8)16-11(13)17-10/h5-6H,3-4H2,1-2H3,(H2,12,19)(H3,13,14,15,16,17). The lowest BCUT2D eigenvalue weighted by atomic mass is 10.2. The van der Waals surface area contributed by atoms with Crippen LogP contribution in [-0.2, 0) is 4.79 Å². The van der Waals surface area contributed by atoms with Gasteiger partial charge < -0.3 is 21.4 Å². The van der Waals surface area contributed by atoms with Gasteiger partial charge in [-0.15, -0.1) is 0 Å². The molecule has 2 rings (SSSR count). The number of nitrogens with two attached hydrogens (primary N) is 2. The summed E-state index contributed by atoms with van der Waals surface area (Å²) in [5.74, 6) is 0.583. The SMILES string of the molecule is CC(C)CN(CC(N)=O)c1nc(N)nc2nc[nH]c12. The first-order chi connectivity index (χ1) is 8.97. The topological polar surface area (TPSA) is 127 Å². The van der Waals surface area contributed by atoms with Crippen molar-refractivity contribution >= 4 is 28.8 Å². The minimum absolute atomic E-state index is 0.0722. The van der Waals surface area contributed by atoms with Crippen LogP contribution in [0.3, 0.4) is 0 Å². The minimum Gasteiger partial charge on any atom is -0.368 e. The zero-order chi connectivity index (χ0) is 14.0. The van der Waals surface area contributed by atoms with Crippen LogP contribution in [0.5, 0.6) is 0 Å². The first-order valence-corrected chi connectivity index (χ1v) is 5.97. The molecule has 0 unspecified atom stereocenters. The third-order valence-corrected chi connectivity index (χ3v) is 2.52. The largest absolute Gasteiger partial charge is 0.368 e. The molecule has 19 heavy (non-hydrogen) atoms. The first kappa shape index (κ1) is 13.1. The normalized spacial score (nSPS) is 11.1. The number of carbonyl (C=O) groups is 1. The fourth-order valence-electron chi connectivity index (χ4n) is 1.92. The molecule has 8 heteroatoms. The van der Waals surface area contributed by atoms with Crippen molar-refractivity contribution in [1.29, 1.82) is 0 Å². The molecule has 0 spiro atoms. The summed E-state index contributed by atoms with van der Waals surface area (Å²) in [5, 5.41) is 0. The summed E-state index contributed by atoms with van der Waals surface area (Å²) in [5.41, 5.74) is 12.1. The molecular weight excluding hydrogens is 246 g/mol. The van der Waals surface area contributed by atoms with Crippen molar-refractivity contribution in [2.75, 3.05) is 23.7 Å². The molecule has 0 saturated carbocycles. The number of primary amides is 1. The number of aromatic nitrogens is 4. The van der Waals surface area contributed by atoms with Crippen molar-refractivity contribution in [3.8, 4) is 0 Å². The maximum absolute atomic E-state index is 11.2. The van der Waals surface area contributed by atoms with E-state index in [-0.39, 0.29) is 12.5 Å². The zero-order valence-corrected chi connectivity index (χ0v) is 10.9. The average molecular weight is 263 g/mol. The number of rotatable bonds is 5. The van der Waals surface area contributed by atoms with Crippen LogP contribution in [0.15, 0.2) is 6.33 Å². The number of H-pyrrole nitrogens is 1. The molecule has 8 nitrogen and oxygen atoms in total. The highest BCUT2D eigenvalue weighted by Crippen LogP contribution is 2.22. The van der Waals surface area contributed by atoms with Gasteiger partial charge in [0.15, 0.2) is 11.5 Å². The Morgan fingerprint density at radius 2 is 2.21 bits per heavy atom. The van der Waals surface area contributed by atoms with E-state index in [1.807, 2.05) is 13.8 Å². The fourth-order valence-corrected chi connectivity index (χ4v) is 1.92. The van der Waals surface area contributed by atoms with Gasteiger partial charge in [0.05, 0.1) is 12.9 Å². The summed E-state index contributed by atoms with van der Waals surface area (Å²) < 4.78 is 0. The molecule has 0 atom stereocenters. The van der Waals surface area contributed by atoms with Crippen LogP contribution in [0.25, 0.3) is 11.2 Å². The second kappa shape index (κ2) is 5.09. The minimum atomic E-state index is -0.425. The van der Waals surface area contributed by atoms with Crippen LogP contribution in [0.1, 0.15) is 13.8 Å². The van der Waals surface area contributed by atoms with E-state index in [1.165, 1.54) is 6.33 Å². The number of fused-ring (bicyclic) bond motifs is 1.